The molecule has 1 saturated carbocycles. The van der Waals surface area contributed by atoms with Gasteiger partial charge in [0.1, 0.15) is 17.3 Å². The highest BCUT2D eigenvalue weighted by molar-refractivity contribution is 5.93. The average Bonchev–Trinajstić information content (AvgIpc) is 3.40. The van der Waals surface area contributed by atoms with E-state index in [2.05, 4.69) is 22.9 Å². The highest BCUT2D eigenvalue weighted by Gasteiger charge is 2.84. The van der Waals surface area contributed by atoms with E-state index in [1.165, 1.54) is 28.4 Å². The lowest BCUT2D eigenvalue weighted by atomic mass is 9.58. The second-order valence-electron chi connectivity index (χ2n) is 12.0. The van der Waals surface area contributed by atoms with Crippen molar-refractivity contribution in [1.29, 1.82) is 0 Å². The number of carbonyl (C=O) groups excluding carboxylic acids is 2. The summed E-state index contributed by atoms with van der Waals surface area (Å²) in [6, 6.07) is 8.41. The van der Waals surface area contributed by atoms with Crippen LogP contribution in [0, 0.1) is 11.3 Å². The van der Waals surface area contributed by atoms with Crippen LogP contribution in [0.2, 0.25) is 0 Å². The third-order valence-electron chi connectivity index (χ3n) is 10.9. The molecule has 5 aliphatic heterocycles. The SMILES string of the molecule is CC=C1CN2C3CC1C1(C(=O)OC)C2CC2(c4cc(O)ccc4N(C)C32)C1OC(=O)c1cc(OC)c(OC)c(OC)c1. The molecule has 42 heavy (non-hydrogen) atoms. The number of benzene rings is 2. The Kier molecular flexibility index (Phi) is 5.80. The Morgan fingerprint density at radius 1 is 1.05 bits per heavy atom. The molecule has 6 aliphatic rings. The zero-order valence-electron chi connectivity index (χ0n) is 24.7. The summed E-state index contributed by atoms with van der Waals surface area (Å²) in [7, 11) is 7.96. The summed E-state index contributed by atoms with van der Waals surface area (Å²) in [4.78, 5) is 33.2. The van der Waals surface area contributed by atoms with Crippen LogP contribution in [0.25, 0.3) is 0 Å². The van der Waals surface area contributed by atoms with E-state index < -0.39 is 22.9 Å². The number of esters is 2. The van der Waals surface area contributed by atoms with Gasteiger partial charge in [0.15, 0.2) is 11.5 Å². The van der Waals surface area contributed by atoms with Crippen molar-refractivity contribution in [1.82, 2.24) is 4.90 Å². The van der Waals surface area contributed by atoms with Gasteiger partial charge in [-0.1, -0.05) is 11.6 Å². The molecular weight excluding hydrogens is 540 g/mol. The third kappa shape index (κ3) is 2.98. The quantitative estimate of drug-likeness (QED) is 0.407. The van der Waals surface area contributed by atoms with Gasteiger partial charge in [-0.3, -0.25) is 9.69 Å². The Morgan fingerprint density at radius 3 is 2.38 bits per heavy atom. The second kappa shape index (κ2) is 9.04. The van der Waals surface area contributed by atoms with Crippen LogP contribution in [-0.2, 0) is 19.7 Å². The Hall–Kier alpha value is -3.92. The molecule has 10 nitrogen and oxygen atoms in total. The zero-order valence-corrected chi connectivity index (χ0v) is 24.7. The van der Waals surface area contributed by atoms with Gasteiger partial charge in [0, 0.05) is 37.3 Å². The largest absolute Gasteiger partial charge is 0.508 e. The Labute approximate surface area is 244 Å². The number of fused-ring (bicyclic) bond motifs is 2. The normalized spacial score (nSPS) is 35.6. The summed E-state index contributed by atoms with van der Waals surface area (Å²) in [5.41, 5.74) is 1.40. The van der Waals surface area contributed by atoms with E-state index in [0.717, 1.165) is 29.8 Å². The van der Waals surface area contributed by atoms with Gasteiger partial charge >= 0.3 is 11.9 Å². The summed E-state index contributed by atoms with van der Waals surface area (Å²) in [6.07, 6.45) is 2.59. The molecule has 222 valence electrons. The molecule has 6 bridgehead atoms. The lowest BCUT2D eigenvalue weighted by Gasteiger charge is -2.61. The number of likely N-dealkylation sites (N-methyl/N-ethyl adjacent to an activating group) is 1. The molecule has 2 aromatic rings. The fourth-order valence-electron chi connectivity index (χ4n) is 9.54. The molecule has 5 fully saturated rings. The van der Waals surface area contributed by atoms with Gasteiger partial charge in [-0.15, -0.1) is 0 Å². The Morgan fingerprint density at radius 2 is 1.76 bits per heavy atom. The Balaban J connectivity index is 1.46. The summed E-state index contributed by atoms with van der Waals surface area (Å²) < 4.78 is 28.8. The number of piperidine rings is 4. The molecule has 0 aromatic heterocycles. The number of anilines is 1. The maximum Gasteiger partial charge on any atom is 0.338 e. The van der Waals surface area contributed by atoms with Crippen molar-refractivity contribution in [2.45, 2.75) is 49.4 Å². The lowest BCUT2D eigenvalue weighted by Crippen LogP contribution is -2.71. The topological polar surface area (TPSA) is 107 Å². The molecular formula is C32H36N2O8. The first-order valence-electron chi connectivity index (χ1n) is 14.3. The minimum Gasteiger partial charge on any atom is -0.508 e. The number of hydrogen-bond acceptors (Lipinski definition) is 10. The molecule has 8 unspecified atom stereocenters. The number of nitrogens with zero attached hydrogens (tertiary/aromatic N) is 2. The van der Waals surface area contributed by atoms with Crippen LogP contribution in [-0.4, -0.2) is 88.2 Å². The van der Waals surface area contributed by atoms with Gasteiger partial charge in [-0.25, -0.2) is 4.79 Å². The van der Waals surface area contributed by atoms with Gasteiger partial charge < -0.3 is 33.7 Å². The summed E-state index contributed by atoms with van der Waals surface area (Å²) >= 11 is 0. The lowest BCUT2D eigenvalue weighted by molar-refractivity contribution is -0.180. The highest BCUT2D eigenvalue weighted by Crippen LogP contribution is 2.73. The third-order valence-corrected chi connectivity index (χ3v) is 10.9. The van der Waals surface area contributed by atoms with Crippen molar-refractivity contribution in [3.05, 3.63) is 53.1 Å². The molecule has 5 heterocycles. The van der Waals surface area contributed by atoms with E-state index in [1.54, 1.807) is 24.3 Å². The first-order chi connectivity index (χ1) is 20.2. The van der Waals surface area contributed by atoms with E-state index >= 15 is 0 Å². The number of allylic oxidation sites excluding steroid dienone is 1. The van der Waals surface area contributed by atoms with Crippen molar-refractivity contribution in [3.8, 4) is 23.0 Å². The summed E-state index contributed by atoms with van der Waals surface area (Å²) in [6.45, 7) is 2.77. The molecule has 8 atom stereocenters. The van der Waals surface area contributed by atoms with E-state index in [0.29, 0.717) is 23.7 Å². The van der Waals surface area contributed by atoms with Crippen molar-refractivity contribution < 1.29 is 38.4 Å². The second-order valence-corrected chi connectivity index (χ2v) is 12.0. The molecule has 4 saturated heterocycles. The number of rotatable bonds is 6. The van der Waals surface area contributed by atoms with Gasteiger partial charge in [0.2, 0.25) is 5.75 Å². The molecule has 0 radical (unpaired) electrons. The van der Waals surface area contributed by atoms with Gasteiger partial charge in [-0.05, 0) is 55.7 Å². The van der Waals surface area contributed by atoms with E-state index in [1.807, 2.05) is 13.0 Å². The van der Waals surface area contributed by atoms with Gasteiger partial charge in [0.05, 0.1) is 45.5 Å². The number of ether oxygens (including phenoxy) is 5. The van der Waals surface area contributed by atoms with E-state index in [9.17, 15) is 14.7 Å². The fraction of sp³-hybridized carbons (Fsp3) is 0.500. The van der Waals surface area contributed by atoms with Crippen molar-refractivity contribution in [2.75, 3.05) is 46.9 Å². The molecule has 10 heteroatoms. The highest BCUT2D eigenvalue weighted by atomic mass is 16.6. The molecule has 1 aliphatic carbocycles. The number of aromatic hydroxyl groups is 1. The standard InChI is InChI=1S/C32H36N2O8/c1-7-16-15-34-22-13-19(16)32(30(37)41-6)25(34)14-31(20-12-18(35)8-9-21(20)33(2)27(22)31)29(32)42-28(36)17-10-23(38-3)26(40-5)24(11-17)39-4/h7-12,19,22,25,27,29,35H,13-15H2,1-6H3. The number of methoxy groups -OCH3 is 4. The minimum atomic E-state index is -1.12. The maximum atomic E-state index is 14.3. The van der Waals surface area contributed by atoms with Crippen molar-refractivity contribution in [2.24, 2.45) is 11.3 Å². The monoisotopic (exact) mass is 576 g/mol. The predicted molar refractivity (Wildman–Crippen MR) is 152 cm³/mol. The fourth-order valence-corrected chi connectivity index (χ4v) is 9.54. The van der Waals surface area contributed by atoms with Crippen molar-refractivity contribution in [3.63, 3.8) is 0 Å². The zero-order chi connectivity index (χ0) is 29.7. The van der Waals surface area contributed by atoms with E-state index in [4.69, 9.17) is 23.7 Å². The first kappa shape index (κ1) is 26.9. The molecule has 8 rings (SSSR count). The number of phenolic OH excluding ortho intramolecular Hbond substituents is 1. The molecule has 2 aromatic carbocycles. The minimum absolute atomic E-state index is 0.0711. The molecule has 1 N–H and O–H groups in total. The Bertz CT molecular complexity index is 1510. The van der Waals surface area contributed by atoms with Crippen LogP contribution >= 0.6 is 0 Å². The van der Waals surface area contributed by atoms with Crippen molar-refractivity contribution >= 4 is 17.6 Å². The van der Waals surface area contributed by atoms with Gasteiger partial charge in [0.25, 0.3) is 0 Å². The van der Waals surface area contributed by atoms with Crippen LogP contribution in [0.1, 0.15) is 35.7 Å². The number of hydrogen-bond donors (Lipinski definition) is 1. The van der Waals surface area contributed by atoms with Crippen LogP contribution in [0.5, 0.6) is 23.0 Å². The number of phenols is 1. The summed E-state index contributed by atoms with van der Waals surface area (Å²) in [5.74, 6) is 0.0369. The number of carbonyl (C=O) groups is 2. The molecule has 0 amide bonds. The van der Waals surface area contributed by atoms with Crippen LogP contribution in [0.4, 0.5) is 5.69 Å². The smallest absolute Gasteiger partial charge is 0.338 e. The first-order valence-corrected chi connectivity index (χ1v) is 14.3. The average molecular weight is 577 g/mol. The molecule has 1 spiro atoms. The van der Waals surface area contributed by atoms with E-state index in [-0.39, 0.29) is 41.3 Å². The summed E-state index contributed by atoms with van der Waals surface area (Å²) in [5, 5.41) is 10.7. The van der Waals surface area contributed by atoms with Crippen LogP contribution in [0.3, 0.4) is 0 Å². The maximum absolute atomic E-state index is 14.3. The predicted octanol–water partition coefficient (Wildman–Crippen LogP) is 3.30. The van der Waals surface area contributed by atoms with Crippen LogP contribution < -0.4 is 19.1 Å². The van der Waals surface area contributed by atoms with Crippen LogP contribution in [0.15, 0.2) is 42.0 Å². The van der Waals surface area contributed by atoms with Gasteiger partial charge in [-0.2, -0.15) is 0 Å².